The Morgan fingerprint density at radius 2 is 1.05 bits per heavy atom. The van der Waals surface area contributed by atoms with Crippen LogP contribution in [-0.2, 0) is 19.1 Å². The van der Waals surface area contributed by atoms with Crippen LogP contribution in [0.4, 0.5) is 0 Å². The lowest BCUT2D eigenvalue weighted by Crippen LogP contribution is -2.41. The molecule has 0 aliphatic heterocycles. The number of unbranched alkanes of at least 4 members (excludes halogenated alkanes) is 23. The van der Waals surface area contributed by atoms with Gasteiger partial charge in [0.15, 0.2) is 6.29 Å². The van der Waals surface area contributed by atoms with Crippen LogP contribution >= 0.6 is 0 Å². The second kappa shape index (κ2) is 45.0. The molecular formula is C57H109N5O4. The largest absolute Gasteiger partial charge is 0.495 e. The molecule has 1 amide bonds. The molecule has 0 aromatic carbocycles. The molecule has 1 unspecified atom stereocenters. The van der Waals surface area contributed by atoms with Crippen molar-refractivity contribution in [3.8, 4) is 0 Å². The van der Waals surface area contributed by atoms with Crippen LogP contribution < -0.4 is 21.5 Å². The molecule has 386 valence electrons. The van der Waals surface area contributed by atoms with Gasteiger partial charge in [-0.1, -0.05) is 169 Å². The van der Waals surface area contributed by atoms with E-state index in [2.05, 4.69) is 60.7 Å². The Balaban J connectivity index is 2.59. The SMILES string of the molecule is C=C(CCCCCCCN(CCCCCCCC(OC(CCCCCCCC)CCCCCCCC)=C1CC1)CCCN/C(C(=O)NNC)=C(/C=O)NC)OC(CC)CCCCCCCC. The summed E-state index contributed by atoms with van der Waals surface area (Å²) < 4.78 is 13.2. The molecule has 0 radical (unpaired) electrons. The van der Waals surface area contributed by atoms with Crippen molar-refractivity contribution in [1.29, 1.82) is 0 Å². The third-order valence-corrected chi connectivity index (χ3v) is 13.5. The number of hydrogen-bond acceptors (Lipinski definition) is 8. The van der Waals surface area contributed by atoms with E-state index >= 15 is 0 Å². The number of likely N-dealkylation sites (N-methyl/N-ethyl adjacent to an activating group) is 1. The van der Waals surface area contributed by atoms with Gasteiger partial charge in [-0.05, 0) is 115 Å². The maximum Gasteiger partial charge on any atom is 0.283 e. The minimum absolute atomic E-state index is 0.251. The molecule has 0 spiro atoms. The van der Waals surface area contributed by atoms with Crippen molar-refractivity contribution in [2.45, 2.75) is 277 Å². The molecule has 0 aromatic heterocycles. The van der Waals surface area contributed by atoms with Crippen LogP contribution in [0, 0.1) is 0 Å². The summed E-state index contributed by atoms with van der Waals surface area (Å²) in [6.07, 6.45) is 48.1. The number of nitrogens with zero attached hydrogens (tertiary/aromatic N) is 1. The van der Waals surface area contributed by atoms with E-state index < -0.39 is 0 Å². The van der Waals surface area contributed by atoms with Gasteiger partial charge in [0.1, 0.15) is 11.4 Å². The van der Waals surface area contributed by atoms with Gasteiger partial charge in [-0.25, -0.2) is 5.43 Å². The first-order chi connectivity index (χ1) is 32.4. The first kappa shape index (κ1) is 61.5. The highest BCUT2D eigenvalue weighted by molar-refractivity contribution is 5.97. The first-order valence-electron chi connectivity index (χ1n) is 28.4. The maximum absolute atomic E-state index is 12.6. The lowest BCUT2D eigenvalue weighted by atomic mass is 10.0. The molecule has 1 aliphatic carbocycles. The lowest BCUT2D eigenvalue weighted by molar-refractivity contribution is -0.119. The van der Waals surface area contributed by atoms with Gasteiger partial charge in [-0.15, -0.1) is 0 Å². The molecule has 1 atom stereocenters. The van der Waals surface area contributed by atoms with Crippen molar-refractivity contribution in [2.75, 3.05) is 40.3 Å². The Morgan fingerprint density at radius 3 is 1.52 bits per heavy atom. The fraction of sp³-hybridized carbons (Fsp3) is 0.860. The number of allylic oxidation sites excluding steroid dienone is 4. The zero-order valence-electron chi connectivity index (χ0n) is 44.5. The Kier molecular flexibility index (Phi) is 41.9. The number of rotatable bonds is 51. The zero-order chi connectivity index (χ0) is 48.1. The molecule has 0 bridgehead atoms. The van der Waals surface area contributed by atoms with Crippen LogP contribution in [0.1, 0.15) is 265 Å². The van der Waals surface area contributed by atoms with E-state index in [9.17, 15) is 9.59 Å². The molecule has 66 heavy (non-hydrogen) atoms. The van der Waals surface area contributed by atoms with E-state index in [1.807, 2.05) is 0 Å². The molecule has 9 nitrogen and oxygen atoms in total. The smallest absolute Gasteiger partial charge is 0.283 e. The summed E-state index contributed by atoms with van der Waals surface area (Å²) in [6, 6.07) is 0. The Hall–Kier alpha value is -2.52. The molecular weight excluding hydrogens is 819 g/mol. The van der Waals surface area contributed by atoms with Gasteiger partial charge in [0, 0.05) is 33.5 Å². The molecule has 0 heterocycles. The minimum atomic E-state index is -0.354. The van der Waals surface area contributed by atoms with Crippen LogP contribution in [0.25, 0.3) is 0 Å². The molecule has 4 N–H and O–H groups in total. The monoisotopic (exact) mass is 928 g/mol. The third-order valence-electron chi connectivity index (χ3n) is 13.5. The van der Waals surface area contributed by atoms with Crippen molar-refractivity contribution in [1.82, 2.24) is 26.4 Å². The summed E-state index contributed by atoms with van der Waals surface area (Å²) in [6.45, 7) is 17.2. The summed E-state index contributed by atoms with van der Waals surface area (Å²) in [7, 11) is 3.30. The van der Waals surface area contributed by atoms with Gasteiger partial charge in [-0.2, -0.15) is 0 Å². The van der Waals surface area contributed by atoms with E-state index in [0.717, 1.165) is 63.9 Å². The number of nitrogens with one attached hydrogen (secondary N) is 4. The zero-order valence-corrected chi connectivity index (χ0v) is 44.5. The summed E-state index contributed by atoms with van der Waals surface area (Å²) in [5.41, 5.74) is 7.38. The summed E-state index contributed by atoms with van der Waals surface area (Å²) in [5, 5.41) is 6.08. The lowest BCUT2D eigenvalue weighted by Gasteiger charge is -2.23. The number of amides is 1. The Labute approximate surface area is 409 Å². The van der Waals surface area contributed by atoms with E-state index in [1.54, 1.807) is 19.7 Å². The second-order valence-corrected chi connectivity index (χ2v) is 19.6. The van der Waals surface area contributed by atoms with Gasteiger partial charge < -0.3 is 25.0 Å². The molecule has 1 rings (SSSR count). The highest BCUT2D eigenvalue weighted by atomic mass is 16.5. The molecule has 9 heteroatoms. The average molecular weight is 929 g/mol. The summed E-state index contributed by atoms with van der Waals surface area (Å²) in [5.74, 6) is 1.99. The molecule has 0 aromatic rings. The van der Waals surface area contributed by atoms with Crippen molar-refractivity contribution < 1.29 is 19.1 Å². The highest BCUT2D eigenvalue weighted by Gasteiger charge is 2.22. The van der Waals surface area contributed by atoms with Gasteiger partial charge in [-0.3, -0.25) is 15.0 Å². The third kappa shape index (κ3) is 34.7. The van der Waals surface area contributed by atoms with Crippen LogP contribution in [0.15, 0.2) is 35.1 Å². The number of ether oxygens (including phenoxy) is 2. The minimum Gasteiger partial charge on any atom is -0.495 e. The molecule has 0 saturated heterocycles. The van der Waals surface area contributed by atoms with Crippen molar-refractivity contribution in [2.24, 2.45) is 0 Å². The van der Waals surface area contributed by atoms with Gasteiger partial charge >= 0.3 is 0 Å². The second-order valence-electron chi connectivity index (χ2n) is 19.6. The number of carbonyl (C=O) groups excluding carboxylic acids is 2. The van der Waals surface area contributed by atoms with Crippen LogP contribution in [0.3, 0.4) is 0 Å². The first-order valence-corrected chi connectivity index (χ1v) is 28.4. The standard InChI is InChI=1S/C57H109N5O4/c1-8-12-15-18-24-31-39-52(11-4)65-50(5)38-30-23-21-28-35-46-62(48-37-45-60-56(54(49-63)58-6)57(64)61-59-7)47-36-29-22-27-34-42-55(51-43-44-51)66-53(40-32-25-19-16-13-9-2)41-33-26-20-17-14-10-3/h49,52-53,58-60H,5,8-48H2,1-4,6-7H3,(H,61,64)/b56-54-. The van der Waals surface area contributed by atoms with E-state index in [1.165, 1.54) is 205 Å². The van der Waals surface area contributed by atoms with Crippen molar-refractivity contribution in [3.63, 3.8) is 0 Å². The topological polar surface area (TPSA) is 104 Å². The maximum atomic E-state index is 12.6. The van der Waals surface area contributed by atoms with Crippen LogP contribution in [-0.4, -0.2) is 69.6 Å². The van der Waals surface area contributed by atoms with Crippen molar-refractivity contribution >= 4 is 12.2 Å². The molecule has 1 aliphatic rings. The van der Waals surface area contributed by atoms with Gasteiger partial charge in [0.05, 0.1) is 23.7 Å². The quantitative estimate of drug-likeness (QED) is 0.0157. The van der Waals surface area contributed by atoms with Gasteiger partial charge in [0.25, 0.3) is 5.91 Å². The number of carbonyl (C=O) groups is 2. The predicted octanol–water partition coefficient (Wildman–Crippen LogP) is 14.8. The summed E-state index contributed by atoms with van der Waals surface area (Å²) >= 11 is 0. The van der Waals surface area contributed by atoms with Crippen molar-refractivity contribution in [3.05, 3.63) is 35.1 Å². The fourth-order valence-corrected chi connectivity index (χ4v) is 9.13. The van der Waals surface area contributed by atoms with E-state index in [0.29, 0.717) is 25.0 Å². The normalized spacial score (nSPS) is 13.2. The van der Waals surface area contributed by atoms with Crippen LogP contribution in [0.2, 0.25) is 0 Å². The molecule has 1 saturated carbocycles. The average Bonchev–Trinajstić information content (AvgIpc) is 4.17. The Morgan fingerprint density at radius 1 is 0.591 bits per heavy atom. The van der Waals surface area contributed by atoms with E-state index in [4.69, 9.17) is 9.47 Å². The Bertz CT molecular complexity index is 1220. The fourth-order valence-electron chi connectivity index (χ4n) is 9.13. The number of hydrogen-bond donors (Lipinski definition) is 4. The van der Waals surface area contributed by atoms with Crippen LogP contribution in [0.5, 0.6) is 0 Å². The highest BCUT2D eigenvalue weighted by Crippen LogP contribution is 2.36. The van der Waals surface area contributed by atoms with E-state index in [-0.39, 0.29) is 17.3 Å². The number of aldehydes is 1. The number of hydrazine groups is 1. The molecule has 1 fully saturated rings. The predicted molar refractivity (Wildman–Crippen MR) is 283 cm³/mol. The summed E-state index contributed by atoms with van der Waals surface area (Å²) in [4.78, 5) is 26.9. The van der Waals surface area contributed by atoms with Gasteiger partial charge in [0.2, 0.25) is 0 Å².